The molecule has 0 aliphatic rings. The second-order valence-corrected chi connectivity index (χ2v) is 5.30. The zero-order valence-electron chi connectivity index (χ0n) is 12.5. The van der Waals surface area contributed by atoms with Crippen LogP contribution in [0.2, 0.25) is 0 Å². The van der Waals surface area contributed by atoms with Gasteiger partial charge < -0.3 is 10.6 Å². The number of para-hydroxylation sites is 1. The smallest absolute Gasteiger partial charge is 0.356 e. The van der Waals surface area contributed by atoms with Crippen molar-refractivity contribution in [1.82, 2.24) is 5.32 Å². The summed E-state index contributed by atoms with van der Waals surface area (Å²) in [5, 5.41) is 4.68. The maximum Gasteiger partial charge on any atom is 0.418 e. The van der Waals surface area contributed by atoms with E-state index in [9.17, 15) is 22.8 Å². The molecule has 7 heteroatoms. The molecule has 1 aromatic rings. The van der Waals surface area contributed by atoms with E-state index in [1.54, 1.807) is 0 Å². The SMILES string of the molecule is CC(C)CCNC(=O)CC(=O)Nc1ccccc1C(F)(F)F. The molecule has 1 aromatic carbocycles. The van der Waals surface area contributed by atoms with E-state index in [0.717, 1.165) is 18.6 Å². The molecule has 0 spiro atoms. The van der Waals surface area contributed by atoms with Gasteiger partial charge in [0.05, 0.1) is 11.3 Å². The first-order valence-electron chi connectivity index (χ1n) is 6.93. The Hall–Kier alpha value is -2.05. The van der Waals surface area contributed by atoms with Crippen LogP contribution in [0.15, 0.2) is 24.3 Å². The van der Waals surface area contributed by atoms with Gasteiger partial charge in [-0.3, -0.25) is 9.59 Å². The number of anilines is 1. The Kier molecular flexibility index (Phi) is 6.39. The molecule has 0 atom stereocenters. The first kappa shape index (κ1) is 18.0. The third kappa shape index (κ3) is 6.15. The lowest BCUT2D eigenvalue weighted by Crippen LogP contribution is -2.29. The molecule has 2 amide bonds. The fraction of sp³-hybridized carbons (Fsp3) is 0.467. The van der Waals surface area contributed by atoms with Crippen molar-refractivity contribution in [3.8, 4) is 0 Å². The predicted molar refractivity (Wildman–Crippen MR) is 77.2 cm³/mol. The minimum Gasteiger partial charge on any atom is -0.356 e. The van der Waals surface area contributed by atoms with Crippen molar-refractivity contribution in [2.75, 3.05) is 11.9 Å². The van der Waals surface area contributed by atoms with Crippen molar-refractivity contribution in [3.63, 3.8) is 0 Å². The number of amides is 2. The second kappa shape index (κ2) is 7.82. The van der Waals surface area contributed by atoms with Crippen LogP contribution in [0.4, 0.5) is 18.9 Å². The normalized spacial score (nSPS) is 11.4. The zero-order chi connectivity index (χ0) is 16.8. The lowest BCUT2D eigenvalue weighted by molar-refractivity contribution is -0.137. The van der Waals surface area contributed by atoms with Gasteiger partial charge in [0.15, 0.2) is 0 Å². The number of rotatable bonds is 6. The highest BCUT2D eigenvalue weighted by Gasteiger charge is 2.33. The highest BCUT2D eigenvalue weighted by Crippen LogP contribution is 2.34. The number of alkyl halides is 3. The summed E-state index contributed by atoms with van der Waals surface area (Å²) >= 11 is 0. The van der Waals surface area contributed by atoms with Crippen LogP contribution in [0.1, 0.15) is 32.3 Å². The third-order valence-corrected chi connectivity index (χ3v) is 2.87. The summed E-state index contributed by atoms with van der Waals surface area (Å²) in [5.74, 6) is -0.880. The number of hydrogen-bond acceptors (Lipinski definition) is 2. The highest BCUT2D eigenvalue weighted by molar-refractivity contribution is 6.03. The van der Waals surface area contributed by atoms with Gasteiger partial charge in [-0.1, -0.05) is 26.0 Å². The zero-order valence-corrected chi connectivity index (χ0v) is 12.5. The second-order valence-electron chi connectivity index (χ2n) is 5.30. The molecular formula is C15H19F3N2O2. The number of halogens is 3. The van der Waals surface area contributed by atoms with E-state index in [2.05, 4.69) is 10.6 Å². The van der Waals surface area contributed by atoms with E-state index in [4.69, 9.17) is 0 Å². The molecular weight excluding hydrogens is 297 g/mol. The first-order chi connectivity index (χ1) is 10.2. The molecule has 0 aromatic heterocycles. The van der Waals surface area contributed by atoms with E-state index in [1.807, 2.05) is 13.8 Å². The molecule has 0 saturated carbocycles. The average Bonchev–Trinajstić information content (AvgIpc) is 2.37. The Morgan fingerprint density at radius 2 is 1.77 bits per heavy atom. The van der Waals surface area contributed by atoms with Crippen molar-refractivity contribution in [1.29, 1.82) is 0 Å². The Bertz CT molecular complexity index is 528. The number of carbonyl (C=O) groups is 2. The largest absolute Gasteiger partial charge is 0.418 e. The molecule has 122 valence electrons. The molecule has 0 saturated heterocycles. The maximum atomic E-state index is 12.8. The number of nitrogens with one attached hydrogen (secondary N) is 2. The molecule has 0 unspecified atom stereocenters. The van der Waals surface area contributed by atoms with Gasteiger partial charge in [-0.25, -0.2) is 0 Å². The van der Waals surface area contributed by atoms with Gasteiger partial charge in [0.1, 0.15) is 6.42 Å². The predicted octanol–water partition coefficient (Wildman–Crippen LogP) is 3.20. The Morgan fingerprint density at radius 3 is 2.36 bits per heavy atom. The van der Waals surface area contributed by atoms with Gasteiger partial charge >= 0.3 is 6.18 Å². The first-order valence-corrected chi connectivity index (χ1v) is 6.93. The van der Waals surface area contributed by atoms with Gasteiger partial charge in [-0.15, -0.1) is 0 Å². The van der Waals surface area contributed by atoms with E-state index in [0.29, 0.717) is 12.5 Å². The fourth-order valence-corrected chi connectivity index (χ4v) is 1.74. The molecule has 0 aliphatic carbocycles. The molecule has 1 rings (SSSR count). The Balaban J connectivity index is 2.57. The average molecular weight is 316 g/mol. The fourth-order valence-electron chi connectivity index (χ4n) is 1.74. The van der Waals surface area contributed by atoms with Gasteiger partial charge in [-0.05, 0) is 24.5 Å². The molecule has 4 nitrogen and oxygen atoms in total. The summed E-state index contributed by atoms with van der Waals surface area (Å²) in [6, 6.07) is 4.64. The third-order valence-electron chi connectivity index (χ3n) is 2.87. The van der Waals surface area contributed by atoms with Crippen LogP contribution < -0.4 is 10.6 Å². The quantitative estimate of drug-likeness (QED) is 0.792. The van der Waals surface area contributed by atoms with Crippen LogP contribution in [-0.4, -0.2) is 18.4 Å². The summed E-state index contributed by atoms with van der Waals surface area (Å²) < 4.78 is 38.3. The van der Waals surface area contributed by atoms with Crippen molar-refractivity contribution in [3.05, 3.63) is 29.8 Å². The van der Waals surface area contributed by atoms with Gasteiger partial charge in [0, 0.05) is 6.54 Å². The van der Waals surface area contributed by atoms with Crippen molar-refractivity contribution in [2.45, 2.75) is 32.9 Å². The highest BCUT2D eigenvalue weighted by atomic mass is 19.4. The summed E-state index contributed by atoms with van der Waals surface area (Å²) in [6.07, 6.45) is -4.31. The molecule has 0 bridgehead atoms. The van der Waals surface area contributed by atoms with E-state index in [1.165, 1.54) is 12.1 Å². The number of benzene rings is 1. The molecule has 0 radical (unpaired) electrons. The molecule has 22 heavy (non-hydrogen) atoms. The molecule has 0 fully saturated rings. The summed E-state index contributed by atoms with van der Waals surface area (Å²) in [5.41, 5.74) is -1.29. The summed E-state index contributed by atoms with van der Waals surface area (Å²) in [6.45, 7) is 4.42. The van der Waals surface area contributed by atoms with Crippen molar-refractivity contribution >= 4 is 17.5 Å². The summed E-state index contributed by atoms with van der Waals surface area (Å²) in [7, 11) is 0. The van der Waals surface area contributed by atoms with Crippen LogP contribution in [0, 0.1) is 5.92 Å². The lowest BCUT2D eigenvalue weighted by Gasteiger charge is -2.13. The summed E-state index contributed by atoms with van der Waals surface area (Å²) in [4.78, 5) is 23.2. The number of hydrogen-bond donors (Lipinski definition) is 2. The Labute approximate surface area is 127 Å². The maximum absolute atomic E-state index is 12.8. The van der Waals surface area contributed by atoms with Gasteiger partial charge in [0.2, 0.25) is 11.8 Å². The number of carbonyl (C=O) groups excluding carboxylic acids is 2. The van der Waals surface area contributed by atoms with Crippen LogP contribution in [0.5, 0.6) is 0 Å². The van der Waals surface area contributed by atoms with E-state index in [-0.39, 0.29) is 5.69 Å². The molecule has 0 heterocycles. The van der Waals surface area contributed by atoms with E-state index < -0.39 is 30.0 Å². The van der Waals surface area contributed by atoms with Crippen LogP contribution in [-0.2, 0) is 15.8 Å². The lowest BCUT2D eigenvalue weighted by atomic mass is 10.1. The Morgan fingerprint density at radius 1 is 1.14 bits per heavy atom. The van der Waals surface area contributed by atoms with Crippen LogP contribution in [0.25, 0.3) is 0 Å². The minimum absolute atomic E-state index is 0.352. The standard InChI is InChI=1S/C15H19F3N2O2/c1-10(2)7-8-19-13(21)9-14(22)20-12-6-4-3-5-11(12)15(16,17)18/h3-6,10H,7-9H2,1-2H3,(H,19,21)(H,20,22). The molecule has 0 aliphatic heterocycles. The van der Waals surface area contributed by atoms with Crippen LogP contribution >= 0.6 is 0 Å². The molecule has 2 N–H and O–H groups in total. The van der Waals surface area contributed by atoms with Gasteiger partial charge in [0.25, 0.3) is 0 Å². The van der Waals surface area contributed by atoms with Crippen molar-refractivity contribution in [2.24, 2.45) is 5.92 Å². The topological polar surface area (TPSA) is 58.2 Å². The van der Waals surface area contributed by atoms with Crippen molar-refractivity contribution < 1.29 is 22.8 Å². The minimum atomic E-state index is -4.57. The van der Waals surface area contributed by atoms with Crippen LogP contribution in [0.3, 0.4) is 0 Å². The van der Waals surface area contributed by atoms with E-state index >= 15 is 0 Å². The monoisotopic (exact) mass is 316 g/mol. The van der Waals surface area contributed by atoms with Gasteiger partial charge in [-0.2, -0.15) is 13.2 Å².